The number of aromatic amines is 3. The number of imidazole rings is 2. The Bertz CT molecular complexity index is 2440. The van der Waals surface area contributed by atoms with Crippen molar-refractivity contribution in [3.63, 3.8) is 0 Å². The topological polar surface area (TPSA) is 159 Å². The maximum atomic E-state index is 13.0. The van der Waals surface area contributed by atoms with Crippen LogP contribution in [0.1, 0.15) is 115 Å². The van der Waals surface area contributed by atoms with Crippen LogP contribution in [0.3, 0.4) is 0 Å². The van der Waals surface area contributed by atoms with E-state index in [0.717, 1.165) is 78.1 Å². The summed E-state index contributed by atoms with van der Waals surface area (Å²) in [6, 6.07) is 20.9. The second-order valence-corrected chi connectivity index (χ2v) is 15.7. The van der Waals surface area contributed by atoms with Crippen LogP contribution in [0.2, 0.25) is 0 Å². The van der Waals surface area contributed by atoms with Gasteiger partial charge in [-0.15, -0.1) is 34.8 Å². The van der Waals surface area contributed by atoms with Crippen molar-refractivity contribution in [3.8, 4) is 0 Å². The number of halogens is 3. The molecule has 2 aromatic heterocycles. The average Bonchev–Trinajstić information content (AvgIpc) is 3.81. The molecule has 2 aliphatic rings. The fourth-order valence-electron chi connectivity index (χ4n) is 6.65. The molecule has 0 unspecified atom stereocenters. The van der Waals surface area contributed by atoms with Crippen LogP contribution in [0.25, 0.3) is 22.1 Å². The Hall–Kier alpha value is -2.46. The van der Waals surface area contributed by atoms with Gasteiger partial charge in [-0.2, -0.15) is 0 Å². The first-order chi connectivity index (χ1) is 26.8. The molecular formula is C42H40Cl3KN4O5S2. The number of aromatic nitrogens is 4. The summed E-state index contributed by atoms with van der Waals surface area (Å²) in [4.78, 5) is 64.8. The first-order valence-electron chi connectivity index (χ1n) is 18.2. The van der Waals surface area contributed by atoms with Crippen LogP contribution < -0.4 is 51.4 Å². The van der Waals surface area contributed by atoms with Crippen molar-refractivity contribution in [1.82, 2.24) is 19.9 Å². The molecule has 15 heteroatoms. The molecule has 0 fully saturated rings. The van der Waals surface area contributed by atoms with Gasteiger partial charge in [-0.25, -0.2) is 4.98 Å². The van der Waals surface area contributed by atoms with Crippen LogP contribution in [0.5, 0.6) is 0 Å². The Morgan fingerprint density at radius 2 is 0.982 bits per heavy atom. The van der Waals surface area contributed by atoms with Gasteiger partial charge in [-0.1, -0.05) is 86.0 Å². The van der Waals surface area contributed by atoms with Gasteiger partial charge >= 0.3 is 51.4 Å². The van der Waals surface area contributed by atoms with Crippen molar-refractivity contribution in [2.45, 2.75) is 56.5 Å². The van der Waals surface area contributed by atoms with E-state index in [9.17, 15) is 19.2 Å². The fourth-order valence-corrected chi connectivity index (χ4v) is 8.31. The largest absolute Gasteiger partial charge is 1.00 e. The van der Waals surface area contributed by atoms with E-state index in [1.54, 1.807) is 78.5 Å². The van der Waals surface area contributed by atoms with E-state index in [2.05, 4.69) is 19.9 Å². The molecule has 9 nitrogen and oxygen atoms in total. The van der Waals surface area contributed by atoms with Gasteiger partial charge in [0, 0.05) is 56.8 Å². The smallest absolute Gasteiger partial charge is 0.870 e. The van der Waals surface area contributed by atoms with Gasteiger partial charge in [0.15, 0.2) is 33.1 Å². The van der Waals surface area contributed by atoms with Crippen molar-refractivity contribution in [1.29, 1.82) is 0 Å². The van der Waals surface area contributed by atoms with E-state index in [1.807, 2.05) is 6.07 Å². The number of thioether (sulfide) groups is 1. The van der Waals surface area contributed by atoms with E-state index in [1.165, 1.54) is 12.8 Å². The van der Waals surface area contributed by atoms with Gasteiger partial charge in [0.2, 0.25) is 0 Å². The molecule has 0 bridgehead atoms. The molecule has 0 atom stereocenters. The van der Waals surface area contributed by atoms with Gasteiger partial charge < -0.3 is 20.4 Å². The molecular weight excluding hydrogens is 850 g/mol. The number of alkyl halides is 3. The number of hydrogen-bond donors (Lipinski definition) is 3. The molecule has 0 saturated carbocycles. The van der Waals surface area contributed by atoms with Crippen molar-refractivity contribution in [2.75, 3.05) is 23.4 Å². The molecule has 0 saturated heterocycles. The normalized spacial score (nSPS) is 12.3. The minimum absolute atomic E-state index is 0. The molecule has 4 N–H and O–H groups in total. The van der Waals surface area contributed by atoms with E-state index in [4.69, 9.17) is 47.0 Å². The summed E-state index contributed by atoms with van der Waals surface area (Å²) >= 11 is 23.3. The van der Waals surface area contributed by atoms with Crippen molar-refractivity contribution in [2.24, 2.45) is 0 Å². The molecule has 292 valence electrons. The SMILES string of the molecule is ClCCCCCCCl.O=C1c2ccccc2C(=O)c2c1ccc1[nH]c(=S)[nH]c21.O=C1c2ccccc2C(=O)c2c1ccc1[nH]c(SCCCCCCCl)nc21.[K+].[OH-]. The second-order valence-electron chi connectivity index (χ2n) is 13.1. The molecule has 0 spiro atoms. The van der Waals surface area contributed by atoms with Gasteiger partial charge in [0.25, 0.3) is 0 Å². The number of carbonyl (C=O) groups excluding carboxylic acids is 4. The molecule has 0 amide bonds. The van der Waals surface area contributed by atoms with Crippen LogP contribution in [0, 0.1) is 4.77 Å². The Morgan fingerprint density at radius 3 is 1.51 bits per heavy atom. The van der Waals surface area contributed by atoms with E-state index < -0.39 is 0 Å². The molecule has 2 heterocycles. The predicted octanol–water partition coefficient (Wildman–Crippen LogP) is 8.08. The molecule has 4 aromatic carbocycles. The van der Waals surface area contributed by atoms with Gasteiger partial charge in [-0.3, -0.25) is 19.2 Å². The van der Waals surface area contributed by atoms with Gasteiger partial charge in [0.05, 0.1) is 27.7 Å². The number of hydrogen-bond acceptors (Lipinski definition) is 8. The standard InChI is InChI=1S/C21H19ClN2O2S.C15H8N2O2S.C6H12Cl2.K.H2O/c22-11-5-1-2-6-12-27-21-23-16-10-9-15-17(18(16)24-21)20(26)14-8-4-3-7-13(14)19(15)25;18-13-7-3-1-2-4-8(7)14(19)11-9(13)5-6-10-12(11)17-15(20)16-10;7-5-3-1-2-4-6-8;;/h3-4,7-10H,1-2,5-6,11-12H2,(H,23,24);1-6H,(H2,16,17,20);1-6H2;;1H2/q;;;+1;/p-1. The molecule has 57 heavy (non-hydrogen) atoms. The van der Waals surface area contributed by atoms with Crippen molar-refractivity contribution in [3.05, 3.63) is 122 Å². The van der Waals surface area contributed by atoms with Gasteiger partial charge in [0.1, 0.15) is 5.52 Å². The number of nitrogens with zero attached hydrogens (tertiary/aromatic N) is 1. The minimum Gasteiger partial charge on any atom is -0.870 e. The number of ketones is 4. The number of rotatable bonds is 12. The zero-order chi connectivity index (χ0) is 38.9. The van der Waals surface area contributed by atoms with E-state index >= 15 is 0 Å². The van der Waals surface area contributed by atoms with Crippen LogP contribution >= 0.6 is 58.8 Å². The molecule has 8 rings (SSSR count). The van der Waals surface area contributed by atoms with Crippen LogP contribution in [0.15, 0.2) is 78.0 Å². The van der Waals surface area contributed by atoms with Crippen LogP contribution in [0.4, 0.5) is 0 Å². The Morgan fingerprint density at radius 1 is 0.526 bits per heavy atom. The predicted molar refractivity (Wildman–Crippen MR) is 228 cm³/mol. The maximum Gasteiger partial charge on any atom is 1.00 e. The van der Waals surface area contributed by atoms with Gasteiger partial charge in [-0.05, 0) is 62.2 Å². The Balaban J connectivity index is 0.000000212. The summed E-state index contributed by atoms with van der Waals surface area (Å²) in [5.74, 6) is 2.75. The molecule has 6 aromatic rings. The minimum atomic E-state index is -0.147. The summed E-state index contributed by atoms with van der Waals surface area (Å²) in [5.41, 5.74) is 6.22. The summed E-state index contributed by atoms with van der Waals surface area (Å²) in [7, 11) is 0. The third-order valence-corrected chi connectivity index (χ3v) is 11.4. The zero-order valence-electron chi connectivity index (χ0n) is 31.4. The quantitative estimate of drug-likeness (QED) is 0.0365. The van der Waals surface area contributed by atoms with Crippen molar-refractivity contribution < 1.29 is 76.0 Å². The number of unbranched alkanes of at least 4 members (excludes halogenated alkanes) is 6. The number of fused-ring (bicyclic) bond motifs is 8. The second kappa shape index (κ2) is 22.8. The van der Waals surface area contributed by atoms with Crippen LogP contribution in [-0.2, 0) is 0 Å². The zero-order valence-corrected chi connectivity index (χ0v) is 38.4. The average molecular weight is 890 g/mol. The Kier molecular flexibility index (Phi) is 18.9. The first kappa shape index (κ1) is 47.2. The molecule has 0 aliphatic heterocycles. The third-order valence-electron chi connectivity index (χ3n) is 9.38. The summed E-state index contributed by atoms with van der Waals surface area (Å²) < 4.78 is 0.438. The summed E-state index contributed by atoms with van der Waals surface area (Å²) in [6.45, 7) is 0. The Labute approximate surface area is 397 Å². The summed E-state index contributed by atoms with van der Waals surface area (Å²) in [5, 5.41) is 0.787. The van der Waals surface area contributed by atoms with Crippen LogP contribution in [-0.4, -0.2) is 71.9 Å². The van der Waals surface area contributed by atoms with Crippen molar-refractivity contribution >= 4 is 104 Å². The third kappa shape index (κ3) is 10.8. The number of H-pyrrole nitrogens is 3. The first-order valence-corrected chi connectivity index (χ1v) is 21.2. The molecule has 2 aliphatic carbocycles. The number of carbonyl (C=O) groups is 4. The fraction of sp³-hybridized carbons (Fsp3) is 0.286. The van der Waals surface area contributed by atoms with E-state index in [0.29, 0.717) is 60.3 Å². The summed E-state index contributed by atoms with van der Waals surface area (Å²) in [6.07, 6.45) is 9.19. The monoisotopic (exact) mass is 888 g/mol. The number of benzene rings is 4. The number of nitrogens with one attached hydrogen (secondary N) is 3. The van der Waals surface area contributed by atoms with E-state index in [-0.39, 0.29) is 80.0 Å². The maximum absolute atomic E-state index is 13.0. The molecule has 0 radical (unpaired) electrons.